The third-order valence-electron chi connectivity index (χ3n) is 3.74. The van der Waals surface area contributed by atoms with Gasteiger partial charge in [0, 0.05) is 13.1 Å². The summed E-state index contributed by atoms with van der Waals surface area (Å²) in [5.41, 5.74) is 0.741. The van der Waals surface area contributed by atoms with E-state index in [2.05, 4.69) is 0 Å². The lowest BCUT2D eigenvalue weighted by Crippen LogP contribution is -2.28. The number of benzene rings is 1. The zero-order valence-electron chi connectivity index (χ0n) is 13.6. The predicted molar refractivity (Wildman–Crippen MR) is 85.5 cm³/mol. The van der Waals surface area contributed by atoms with E-state index in [9.17, 15) is 10.1 Å². The molecule has 1 aromatic carbocycles. The molecule has 0 aromatic heterocycles. The fraction of sp³-hybridized carbons (Fsp3) is 0.412. The molecule has 0 N–H and O–H groups in total. The quantitative estimate of drug-likeness (QED) is 0.615. The standard InChI is InChI=1S/C17H20N2O4/c1-21-14-9-12(10-15(22-2)16(14)23-3)8-13(11-18)17(20)19-6-4-5-7-19/h8-10H,4-7H2,1-3H3/b13-8+. The summed E-state index contributed by atoms with van der Waals surface area (Å²) in [7, 11) is 4.56. The van der Waals surface area contributed by atoms with Gasteiger partial charge in [-0.1, -0.05) is 0 Å². The number of likely N-dealkylation sites (tertiary alicyclic amines) is 1. The first kappa shape index (κ1) is 16.7. The van der Waals surface area contributed by atoms with Gasteiger partial charge >= 0.3 is 0 Å². The SMILES string of the molecule is COc1cc(/C=C(\C#N)C(=O)N2CCCC2)cc(OC)c1OC. The number of nitriles is 1. The summed E-state index contributed by atoms with van der Waals surface area (Å²) in [5, 5.41) is 9.32. The van der Waals surface area contributed by atoms with Gasteiger partial charge in [-0.05, 0) is 36.6 Å². The largest absolute Gasteiger partial charge is 0.493 e. The van der Waals surface area contributed by atoms with Gasteiger partial charge in [-0.15, -0.1) is 0 Å². The van der Waals surface area contributed by atoms with Crippen molar-refractivity contribution in [3.63, 3.8) is 0 Å². The second-order valence-corrected chi connectivity index (χ2v) is 5.13. The van der Waals surface area contributed by atoms with Gasteiger partial charge in [0.2, 0.25) is 5.75 Å². The average molecular weight is 316 g/mol. The lowest BCUT2D eigenvalue weighted by atomic mass is 10.1. The second-order valence-electron chi connectivity index (χ2n) is 5.13. The number of hydrogen-bond acceptors (Lipinski definition) is 5. The zero-order chi connectivity index (χ0) is 16.8. The number of carbonyl (C=O) groups is 1. The minimum Gasteiger partial charge on any atom is -0.493 e. The van der Waals surface area contributed by atoms with Crippen LogP contribution in [-0.4, -0.2) is 45.2 Å². The molecule has 6 heteroatoms. The van der Waals surface area contributed by atoms with E-state index in [1.165, 1.54) is 21.3 Å². The number of ether oxygens (including phenoxy) is 3. The number of hydrogen-bond donors (Lipinski definition) is 0. The van der Waals surface area contributed by atoms with Crippen LogP contribution in [-0.2, 0) is 4.79 Å². The molecule has 1 saturated heterocycles. The van der Waals surface area contributed by atoms with Crippen LogP contribution in [0, 0.1) is 11.3 Å². The summed E-state index contributed by atoms with van der Waals surface area (Å²) in [6, 6.07) is 5.40. The molecule has 0 aliphatic carbocycles. The number of methoxy groups -OCH3 is 3. The first-order valence-corrected chi connectivity index (χ1v) is 7.35. The summed E-state index contributed by atoms with van der Waals surface area (Å²) in [4.78, 5) is 14.1. The van der Waals surface area contributed by atoms with Crippen LogP contribution >= 0.6 is 0 Å². The maximum atomic E-state index is 12.4. The van der Waals surface area contributed by atoms with E-state index in [-0.39, 0.29) is 11.5 Å². The third kappa shape index (κ3) is 3.57. The average Bonchev–Trinajstić information content (AvgIpc) is 3.12. The topological polar surface area (TPSA) is 71.8 Å². The molecule has 1 fully saturated rings. The molecule has 6 nitrogen and oxygen atoms in total. The van der Waals surface area contributed by atoms with Crippen LogP contribution in [0.5, 0.6) is 17.2 Å². The highest BCUT2D eigenvalue weighted by atomic mass is 16.5. The van der Waals surface area contributed by atoms with Gasteiger partial charge in [-0.3, -0.25) is 4.79 Å². The molecular weight excluding hydrogens is 296 g/mol. The van der Waals surface area contributed by atoms with Crippen LogP contribution in [0.3, 0.4) is 0 Å². The molecule has 0 spiro atoms. The molecule has 1 amide bonds. The van der Waals surface area contributed by atoms with Crippen LogP contribution < -0.4 is 14.2 Å². The number of amides is 1. The number of nitrogens with zero attached hydrogens (tertiary/aromatic N) is 2. The van der Waals surface area contributed by atoms with Crippen molar-refractivity contribution >= 4 is 12.0 Å². The number of carbonyl (C=O) groups excluding carboxylic acids is 1. The maximum absolute atomic E-state index is 12.4. The Balaban J connectivity index is 2.39. The highest BCUT2D eigenvalue weighted by Gasteiger charge is 2.22. The first-order valence-electron chi connectivity index (χ1n) is 7.35. The van der Waals surface area contributed by atoms with Crippen LogP contribution in [0.1, 0.15) is 18.4 Å². The van der Waals surface area contributed by atoms with E-state index in [0.29, 0.717) is 35.9 Å². The molecule has 0 radical (unpaired) electrons. The summed E-state index contributed by atoms with van der Waals surface area (Å²) in [6.07, 6.45) is 3.51. The van der Waals surface area contributed by atoms with Gasteiger partial charge in [0.15, 0.2) is 11.5 Å². The Labute approximate surface area is 135 Å². The molecule has 122 valence electrons. The van der Waals surface area contributed by atoms with Gasteiger partial charge in [0.25, 0.3) is 5.91 Å². The Morgan fingerprint density at radius 3 is 2.13 bits per heavy atom. The molecule has 1 aliphatic heterocycles. The van der Waals surface area contributed by atoms with E-state index in [1.54, 1.807) is 23.1 Å². The van der Waals surface area contributed by atoms with Crippen molar-refractivity contribution in [2.45, 2.75) is 12.8 Å². The Morgan fingerprint density at radius 1 is 1.13 bits per heavy atom. The van der Waals surface area contributed by atoms with Gasteiger partial charge in [0.05, 0.1) is 21.3 Å². The monoisotopic (exact) mass is 316 g/mol. The lowest BCUT2D eigenvalue weighted by Gasteiger charge is -2.15. The minimum absolute atomic E-state index is 0.0983. The zero-order valence-corrected chi connectivity index (χ0v) is 13.6. The smallest absolute Gasteiger partial charge is 0.264 e. The van der Waals surface area contributed by atoms with Gasteiger partial charge in [-0.2, -0.15) is 5.26 Å². The summed E-state index contributed by atoms with van der Waals surface area (Å²) in [5.74, 6) is 1.18. The van der Waals surface area contributed by atoms with Gasteiger partial charge in [-0.25, -0.2) is 0 Å². The van der Waals surface area contributed by atoms with Gasteiger partial charge < -0.3 is 19.1 Å². The molecule has 1 heterocycles. The van der Waals surface area contributed by atoms with Crippen LogP contribution in [0.15, 0.2) is 17.7 Å². The predicted octanol–water partition coefficient (Wildman–Crippen LogP) is 2.24. The van der Waals surface area contributed by atoms with Crippen molar-refractivity contribution in [1.29, 1.82) is 5.26 Å². The molecule has 1 aliphatic rings. The third-order valence-corrected chi connectivity index (χ3v) is 3.74. The molecular formula is C17H20N2O4. The van der Waals surface area contributed by atoms with Crippen molar-refractivity contribution < 1.29 is 19.0 Å². The fourth-order valence-corrected chi connectivity index (χ4v) is 2.58. The minimum atomic E-state index is -0.237. The molecule has 23 heavy (non-hydrogen) atoms. The first-order chi connectivity index (χ1) is 11.1. The van der Waals surface area contributed by atoms with Crippen molar-refractivity contribution in [2.75, 3.05) is 34.4 Å². The molecule has 0 unspecified atom stereocenters. The molecule has 1 aromatic rings. The van der Waals surface area contributed by atoms with E-state index < -0.39 is 0 Å². The molecule has 2 rings (SSSR count). The number of rotatable bonds is 5. The van der Waals surface area contributed by atoms with Crippen LogP contribution in [0.4, 0.5) is 0 Å². The van der Waals surface area contributed by atoms with E-state index >= 15 is 0 Å². The van der Waals surface area contributed by atoms with Crippen molar-refractivity contribution in [1.82, 2.24) is 4.90 Å². The molecule has 0 saturated carbocycles. The van der Waals surface area contributed by atoms with Crippen molar-refractivity contribution in [3.8, 4) is 23.3 Å². The summed E-state index contributed by atoms with van der Waals surface area (Å²) < 4.78 is 15.8. The lowest BCUT2D eigenvalue weighted by molar-refractivity contribution is -0.125. The normalized spacial score (nSPS) is 14.3. The summed E-state index contributed by atoms with van der Waals surface area (Å²) in [6.45, 7) is 1.40. The highest BCUT2D eigenvalue weighted by Crippen LogP contribution is 2.38. The van der Waals surface area contributed by atoms with Crippen molar-refractivity contribution in [3.05, 3.63) is 23.3 Å². The summed E-state index contributed by atoms with van der Waals surface area (Å²) >= 11 is 0. The Bertz CT molecular complexity index is 630. The highest BCUT2D eigenvalue weighted by molar-refractivity contribution is 6.01. The van der Waals surface area contributed by atoms with E-state index in [4.69, 9.17) is 14.2 Å². The second kappa shape index (κ2) is 7.54. The fourth-order valence-electron chi connectivity index (χ4n) is 2.58. The maximum Gasteiger partial charge on any atom is 0.264 e. The van der Waals surface area contributed by atoms with Crippen LogP contribution in [0.2, 0.25) is 0 Å². The Morgan fingerprint density at radius 2 is 1.70 bits per heavy atom. The Kier molecular flexibility index (Phi) is 5.47. The van der Waals surface area contributed by atoms with E-state index in [0.717, 1.165) is 12.8 Å². The van der Waals surface area contributed by atoms with Crippen molar-refractivity contribution in [2.24, 2.45) is 0 Å². The van der Waals surface area contributed by atoms with Gasteiger partial charge in [0.1, 0.15) is 11.6 Å². The molecule has 0 bridgehead atoms. The van der Waals surface area contributed by atoms with Crippen LogP contribution in [0.25, 0.3) is 6.08 Å². The Hall–Kier alpha value is -2.68. The molecule has 0 atom stereocenters. The van der Waals surface area contributed by atoms with E-state index in [1.807, 2.05) is 6.07 Å².